The molecule has 0 saturated heterocycles. The molecule has 0 aliphatic heterocycles. The Bertz CT molecular complexity index is 773. The molecule has 0 aromatic carbocycles. The minimum Gasteiger partial charge on any atom is -0.480 e. The van der Waals surface area contributed by atoms with Crippen molar-refractivity contribution in [3.63, 3.8) is 0 Å². The lowest BCUT2D eigenvalue weighted by molar-refractivity contribution is -0.139. The maximum atomic E-state index is 12.1. The minimum absolute atomic E-state index is 0.0405. The second-order valence-corrected chi connectivity index (χ2v) is 6.59. The Morgan fingerprint density at radius 3 is 2.74 bits per heavy atom. The van der Waals surface area contributed by atoms with E-state index in [1.165, 1.54) is 0 Å². The molecule has 0 unspecified atom stereocenters. The highest BCUT2D eigenvalue weighted by Crippen LogP contribution is 2.25. The topological polar surface area (TPSA) is 121 Å². The summed E-state index contributed by atoms with van der Waals surface area (Å²) >= 11 is 0. The molecule has 9 nitrogen and oxygen atoms in total. The quantitative estimate of drug-likeness (QED) is 0.671. The van der Waals surface area contributed by atoms with Gasteiger partial charge in [0.2, 0.25) is 17.6 Å². The molecule has 1 fully saturated rings. The summed E-state index contributed by atoms with van der Waals surface area (Å²) in [5.74, 6) is 0.00761. The highest BCUT2D eigenvalue weighted by Gasteiger charge is 2.34. The standard InChI is InChI=1S/C18H23N5O4/c1-2-23(11-17(25)26)14-9-13(10-14)20-15(24)3-4-16-21-18(22-27-16)12-5-7-19-8-6-12/h5-8,13-14H,2-4,9-11H2,1H3,(H,20,24)(H,25,26). The number of carboxylic acid groups (broad SMARTS) is 1. The summed E-state index contributed by atoms with van der Waals surface area (Å²) in [6.07, 6.45) is 5.51. The number of nitrogens with one attached hydrogen (secondary N) is 1. The molecule has 0 bridgehead atoms. The van der Waals surface area contributed by atoms with Crippen LogP contribution >= 0.6 is 0 Å². The van der Waals surface area contributed by atoms with Crippen molar-refractivity contribution in [3.05, 3.63) is 30.4 Å². The molecule has 2 N–H and O–H groups in total. The molecule has 2 aromatic rings. The number of amides is 1. The van der Waals surface area contributed by atoms with Gasteiger partial charge in [0.25, 0.3) is 0 Å². The van der Waals surface area contributed by atoms with Gasteiger partial charge in [0.1, 0.15) is 0 Å². The van der Waals surface area contributed by atoms with Crippen LogP contribution in [0.15, 0.2) is 29.0 Å². The van der Waals surface area contributed by atoms with Crippen LogP contribution in [-0.4, -0.2) is 62.2 Å². The number of aliphatic carboxylic acids is 1. The highest BCUT2D eigenvalue weighted by atomic mass is 16.5. The Balaban J connectivity index is 1.40. The maximum absolute atomic E-state index is 12.1. The van der Waals surface area contributed by atoms with Gasteiger partial charge in [-0.1, -0.05) is 12.1 Å². The first kappa shape index (κ1) is 19.0. The van der Waals surface area contributed by atoms with Gasteiger partial charge in [-0.3, -0.25) is 19.5 Å². The van der Waals surface area contributed by atoms with Crippen LogP contribution in [0.5, 0.6) is 0 Å². The van der Waals surface area contributed by atoms with Crippen molar-refractivity contribution < 1.29 is 19.2 Å². The Morgan fingerprint density at radius 1 is 1.33 bits per heavy atom. The Morgan fingerprint density at radius 2 is 2.07 bits per heavy atom. The van der Waals surface area contributed by atoms with E-state index in [0.717, 1.165) is 18.4 Å². The second kappa shape index (κ2) is 8.72. The van der Waals surface area contributed by atoms with Gasteiger partial charge in [-0.05, 0) is 31.5 Å². The number of hydrogen-bond acceptors (Lipinski definition) is 7. The summed E-state index contributed by atoms with van der Waals surface area (Å²) in [6, 6.07) is 3.90. The average Bonchev–Trinajstić information content (AvgIpc) is 3.10. The van der Waals surface area contributed by atoms with E-state index in [9.17, 15) is 9.59 Å². The van der Waals surface area contributed by atoms with Gasteiger partial charge >= 0.3 is 5.97 Å². The lowest BCUT2D eigenvalue weighted by Crippen LogP contribution is -2.54. The number of carbonyl (C=O) groups excluding carboxylic acids is 1. The molecule has 1 amide bonds. The van der Waals surface area contributed by atoms with E-state index in [2.05, 4.69) is 20.4 Å². The zero-order valence-electron chi connectivity index (χ0n) is 15.2. The molecule has 1 saturated carbocycles. The number of aromatic nitrogens is 3. The molecule has 0 atom stereocenters. The van der Waals surface area contributed by atoms with Gasteiger partial charge in [-0.25, -0.2) is 0 Å². The summed E-state index contributed by atoms with van der Waals surface area (Å²) < 4.78 is 5.19. The van der Waals surface area contributed by atoms with Gasteiger partial charge in [0, 0.05) is 42.9 Å². The second-order valence-electron chi connectivity index (χ2n) is 6.59. The van der Waals surface area contributed by atoms with E-state index < -0.39 is 5.97 Å². The number of rotatable bonds is 9. The Labute approximate surface area is 156 Å². The van der Waals surface area contributed by atoms with Crippen molar-refractivity contribution in [2.45, 2.75) is 44.7 Å². The molecule has 2 heterocycles. The maximum Gasteiger partial charge on any atom is 0.317 e. The zero-order valence-corrected chi connectivity index (χ0v) is 15.2. The first-order valence-electron chi connectivity index (χ1n) is 9.03. The van der Waals surface area contributed by atoms with Crippen LogP contribution < -0.4 is 5.32 Å². The predicted octanol–water partition coefficient (Wildman–Crippen LogP) is 1.12. The number of aryl methyl sites for hydroxylation is 1. The van der Waals surface area contributed by atoms with E-state index in [-0.39, 0.29) is 31.0 Å². The van der Waals surface area contributed by atoms with Crippen LogP contribution in [0, 0.1) is 0 Å². The summed E-state index contributed by atoms with van der Waals surface area (Å²) in [5.41, 5.74) is 0.812. The smallest absolute Gasteiger partial charge is 0.317 e. The SMILES string of the molecule is CCN(CC(=O)O)C1CC(NC(=O)CCc2nc(-c3ccncc3)no2)C1. The molecule has 144 valence electrons. The van der Waals surface area contributed by atoms with Crippen molar-refractivity contribution in [1.82, 2.24) is 25.3 Å². The first-order chi connectivity index (χ1) is 13.0. The largest absolute Gasteiger partial charge is 0.480 e. The fourth-order valence-electron chi connectivity index (χ4n) is 3.17. The zero-order chi connectivity index (χ0) is 19.2. The van der Waals surface area contributed by atoms with Gasteiger partial charge in [0.15, 0.2) is 0 Å². The van der Waals surface area contributed by atoms with Crippen LogP contribution in [0.3, 0.4) is 0 Å². The molecular weight excluding hydrogens is 350 g/mol. The number of nitrogens with zero attached hydrogens (tertiary/aromatic N) is 4. The van der Waals surface area contributed by atoms with Crippen molar-refractivity contribution in [3.8, 4) is 11.4 Å². The van der Waals surface area contributed by atoms with E-state index >= 15 is 0 Å². The van der Waals surface area contributed by atoms with Crippen LogP contribution in [0.1, 0.15) is 32.1 Å². The van der Waals surface area contributed by atoms with Gasteiger partial charge < -0.3 is 14.9 Å². The number of likely N-dealkylation sites (N-methyl/N-ethyl adjacent to an activating group) is 1. The Hall–Kier alpha value is -2.81. The molecule has 3 rings (SSSR count). The molecule has 27 heavy (non-hydrogen) atoms. The lowest BCUT2D eigenvalue weighted by Gasteiger charge is -2.42. The third-order valence-electron chi connectivity index (χ3n) is 4.71. The molecular formula is C18H23N5O4. The van der Waals surface area contributed by atoms with E-state index in [1.807, 2.05) is 11.8 Å². The third kappa shape index (κ3) is 5.10. The van der Waals surface area contributed by atoms with E-state index in [0.29, 0.717) is 24.7 Å². The summed E-state index contributed by atoms with van der Waals surface area (Å²) in [7, 11) is 0. The molecule has 1 aliphatic rings. The fraction of sp³-hybridized carbons (Fsp3) is 0.500. The minimum atomic E-state index is -0.824. The third-order valence-corrected chi connectivity index (χ3v) is 4.71. The predicted molar refractivity (Wildman–Crippen MR) is 95.7 cm³/mol. The van der Waals surface area contributed by atoms with Crippen molar-refractivity contribution in [1.29, 1.82) is 0 Å². The van der Waals surface area contributed by atoms with Crippen molar-refractivity contribution in [2.75, 3.05) is 13.1 Å². The monoisotopic (exact) mass is 373 g/mol. The van der Waals surface area contributed by atoms with Crippen LogP contribution in [0.25, 0.3) is 11.4 Å². The average molecular weight is 373 g/mol. The van der Waals surface area contributed by atoms with Gasteiger partial charge in [-0.2, -0.15) is 4.98 Å². The number of carbonyl (C=O) groups is 2. The molecule has 0 spiro atoms. The molecule has 9 heteroatoms. The van der Waals surface area contributed by atoms with Gasteiger partial charge in [0.05, 0.1) is 6.54 Å². The summed E-state index contributed by atoms with van der Waals surface area (Å²) in [4.78, 5) is 33.1. The van der Waals surface area contributed by atoms with E-state index in [4.69, 9.17) is 9.63 Å². The Kier molecular flexibility index (Phi) is 6.12. The number of hydrogen-bond donors (Lipinski definition) is 2. The lowest BCUT2D eigenvalue weighted by atomic mass is 9.85. The van der Waals surface area contributed by atoms with Crippen molar-refractivity contribution in [2.24, 2.45) is 0 Å². The molecule has 2 aromatic heterocycles. The summed E-state index contributed by atoms with van der Waals surface area (Å²) in [5, 5.41) is 15.8. The normalized spacial score (nSPS) is 18.9. The van der Waals surface area contributed by atoms with Crippen LogP contribution in [0.4, 0.5) is 0 Å². The molecule has 0 radical (unpaired) electrons. The van der Waals surface area contributed by atoms with E-state index in [1.54, 1.807) is 24.5 Å². The molecule has 1 aliphatic carbocycles. The van der Waals surface area contributed by atoms with Crippen molar-refractivity contribution >= 4 is 11.9 Å². The van der Waals surface area contributed by atoms with Gasteiger partial charge in [-0.15, -0.1) is 0 Å². The van der Waals surface area contributed by atoms with Crippen LogP contribution in [0.2, 0.25) is 0 Å². The number of carboxylic acids is 1. The van der Waals surface area contributed by atoms with Crippen LogP contribution in [-0.2, 0) is 16.0 Å². The summed E-state index contributed by atoms with van der Waals surface area (Å²) in [6.45, 7) is 2.67. The first-order valence-corrected chi connectivity index (χ1v) is 9.03. The number of pyridine rings is 1. The highest BCUT2D eigenvalue weighted by molar-refractivity contribution is 5.76. The fourth-order valence-corrected chi connectivity index (χ4v) is 3.17.